The van der Waals surface area contributed by atoms with Gasteiger partial charge in [-0.1, -0.05) is 59.6 Å². The van der Waals surface area contributed by atoms with Crippen molar-refractivity contribution in [3.8, 4) is 0 Å². The van der Waals surface area contributed by atoms with Gasteiger partial charge in [-0.05, 0) is 104 Å². The summed E-state index contributed by atoms with van der Waals surface area (Å²) in [6, 6.07) is 0. The van der Waals surface area contributed by atoms with Crippen LogP contribution in [0.3, 0.4) is 0 Å². The van der Waals surface area contributed by atoms with Crippen LogP contribution in [0, 0.1) is 52.3 Å². The van der Waals surface area contributed by atoms with Crippen LogP contribution in [0.5, 0.6) is 0 Å². The van der Waals surface area contributed by atoms with Crippen LogP contribution in [0.4, 0.5) is 0 Å². The summed E-state index contributed by atoms with van der Waals surface area (Å²) in [5, 5.41) is 32.9. The summed E-state index contributed by atoms with van der Waals surface area (Å²) >= 11 is 0. The Morgan fingerprint density at radius 2 is 1.72 bits per heavy atom. The maximum atomic E-state index is 11.3. The maximum Gasteiger partial charge on any atom is 0.0757 e. The summed E-state index contributed by atoms with van der Waals surface area (Å²) in [5.74, 6) is 3.51. The van der Waals surface area contributed by atoms with E-state index in [1.54, 1.807) is 0 Å². The lowest BCUT2D eigenvalue weighted by Crippen LogP contribution is -2.55. The summed E-state index contributed by atoms with van der Waals surface area (Å²) in [6.07, 6.45) is 10.9. The summed E-state index contributed by atoms with van der Waals surface area (Å²) < 4.78 is 0. The number of fused-ring (bicyclic) bond motifs is 5. The van der Waals surface area contributed by atoms with Crippen LogP contribution in [0.15, 0.2) is 11.6 Å². The molecule has 0 aromatic heterocycles. The van der Waals surface area contributed by atoms with Crippen molar-refractivity contribution in [1.82, 2.24) is 0 Å². The summed E-state index contributed by atoms with van der Waals surface area (Å²) in [6.45, 7) is 14.1. The summed E-state index contributed by atoms with van der Waals surface area (Å²) in [4.78, 5) is 0. The molecular formula is C29H50O3. The highest BCUT2D eigenvalue weighted by atomic mass is 16.3. The fourth-order valence-electron chi connectivity index (χ4n) is 9.24. The molecule has 11 atom stereocenters. The van der Waals surface area contributed by atoms with Crippen molar-refractivity contribution in [1.29, 1.82) is 0 Å². The molecule has 0 aliphatic heterocycles. The Morgan fingerprint density at radius 1 is 1.00 bits per heavy atom. The molecule has 4 aliphatic rings. The second kappa shape index (κ2) is 9.00. The van der Waals surface area contributed by atoms with Crippen molar-refractivity contribution >= 4 is 0 Å². The lowest BCUT2D eigenvalue weighted by Gasteiger charge is -2.59. The Labute approximate surface area is 197 Å². The normalized spacial score (nSPS) is 46.6. The first-order chi connectivity index (χ1) is 15.0. The minimum Gasteiger partial charge on any atom is -0.393 e. The Morgan fingerprint density at radius 3 is 2.38 bits per heavy atom. The Bertz CT molecular complexity index is 701. The zero-order chi connectivity index (χ0) is 23.4. The second-order valence-corrected chi connectivity index (χ2v) is 13.1. The van der Waals surface area contributed by atoms with Gasteiger partial charge in [-0.25, -0.2) is 0 Å². The van der Waals surface area contributed by atoms with Gasteiger partial charge in [0.05, 0.1) is 18.3 Å². The molecule has 0 radical (unpaired) electrons. The predicted molar refractivity (Wildman–Crippen MR) is 131 cm³/mol. The Balaban J connectivity index is 1.55. The highest BCUT2D eigenvalue weighted by Crippen LogP contribution is 2.67. The minimum absolute atomic E-state index is 0.152. The largest absolute Gasteiger partial charge is 0.393 e. The molecule has 0 spiro atoms. The van der Waals surface area contributed by atoms with Crippen LogP contribution in [0.25, 0.3) is 0 Å². The van der Waals surface area contributed by atoms with E-state index in [2.05, 4.69) is 47.6 Å². The number of rotatable bonds is 6. The lowest BCUT2D eigenvalue weighted by molar-refractivity contribution is -0.103. The van der Waals surface area contributed by atoms with Crippen LogP contribution >= 0.6 is 0 Å². The average molecular weight is 447 g/mol. The SMILES string of the molecule is CC[C@H](CC(O)[C@@H](C)[C@H]1CC[C@H]2[C@@H]3[C@H](O)C=C4C[C@@H](O)CC[C@]4(C)[C@H]3CC[C@]12C)C(C)C. The van der Waals surface area contributed by atoms with Crippen LogP contribution < -0.4 is 0 Å². The van der Waals surface area contributed by atoms with Crippen molar-refractivity contribution in [3.63, 3.8) is 0 Å². The van der Waals surface area contributed by atoms with Gasteiger partial charge >= 0.3 is 0 Å². The van der Waals surface area contributed by atoms with Gasteiger partial charge in [0.15, 0.2) is 0 Å². The van der Waals surface area contributed by atoms with Crippen molar-refractivity contribution in [2.75, 3.05) is 0 Å². The molecule has 3 fully saturated rings. The standard InChI is InChI=1S/C29H50O3/c1-7-19(17(2)3)14-25(31)18(4)22-8-9-23-27-24(11-13-29(22,23)6)28(5)12-10-21(30)15-20(28)16-26(27)32/h16-19,21-27,30-32H,7-15H2,1-6H3/t18-,19+,21-,22+,23-,24-,25?,26+,27-,28-,29+/m0/s1. The van der Waals surface area contributed by atoms with Gasteiger partial charge in [-0.2, -0.15) is 0 Å². The predicted octanol–water partition coefficient (Wildman–Crippen LogP) is 5.97. The van der Waals surface area contributed by atoms with E-state index in [0.29, 0.717) is 41.4 Å². The first-order valence-corrected chi connectivity index (χ1v) is 13.8. The molecule has 32 heavy (non-hydrogen) atoms. The topological polar surface area (TPSA) is 60.7 Å². The monoisotopic (exact) mass is 446 g/mol. The van der Waals surface area contributed by atoms with E-state index < -0.39 is 0 Å². The van der Waals surface area contributed by atoms with E-state index in [9.17, 15) is 15.3 Å². The zero-order valence-corrected chi connectivity index (χ0v) is 21.6. The first kappa shape index (κ1) is 24.7. The number of hydrogen-bond donors (Lipinski definition) is 3. The molecule has 184 valence electrons. The molecule has 3 heteroatoms. The number of aliphatic hydroxyl groups is 3. The number of aliphatic hydroxyl groups excluding tert-OH is 3. The van der Waals surface area contributed by atoms with E-state index in [-0.39, 0.29) is 29.1 Å². The molecule has 0 saturated heterocycles. The summed E-state index contributed by atoms with van der Waals surface area (Å²) in [5.41, 5.74) is 1.70. The van der Waals surface area contributed by atoms with Gasteiger partial charge in [0.1, 0.15) is 0 Å². The van der Waals surface area contributed by atoms with Gasteiger partial charge in [0.25, 0.3) is 0 Å². The summed E-state index contributed by atoms with van der Waals surface area (Å²) in [7, 11) is 0. The van der Waals surface area contributed by atoms with Crippen LogP contribution in [0.2, 0.25) is 0 Å². The lowest BCUT2D eigenvalue weighted by atomic mass is 9.46. The van der Waals surface area contributed by atoms with Crippen molar-refractivity contribution in [3.05, 3.63) is 11.6 Å². The molecule has 0 bridgehead atoms. The van der Waals surface area contributed by atoms with Crippen LogP contribution in [-0.2, 0) is 0 Å². The second-order valence-electron chi connectivity index (χ2n) is 13.1. The quantitative estimate of drug-likeness (QED) is 0.441. The van der Waals surface area contributed by atoms with Crippen molar-refractivity contribution in [2.45, 2.75) is 118 Å². The fourth-order valence-corrected chi connectivity index (χ4v) is 9.24. The van der Waals surface area contributed by atoms with E-state index in [4.69, 9.17) is 0 Å². The van der Waals surface area contributed by atoms with Gasteiger partial charge in [0.2, 0.25) is 0 Å². The van der Waals surface area contributed by atoms with Crippen molar-refractivity contribution < 1.29 is 15.3 Å². The smallest absolute Gasteiger partial charge is 0.0757 e. The molecule has 3 saturated carbocycles. The average Bonchev–Trinajstić information content (AvgIpc) is 3.09. The molecule has 0 aromatic carbocycles. The van der Waals surface area contributed by atoms with Gasteiger partial charge < -0.3 is 15.3 Å². The van der Waals surface area contributed by atoms with Gasteiger partial charge in [-0.3, -0.25) is 0 Å². The molecule has 3 nitrogen and oxygen atoms in total. The molecule has 1 unspecified atom stereocenters. The van der Waals surface area contributed by atoms with E-state index in [0.717, 1.165) is 32.1 Å². The molecule has 4 aliphatic carbocycles. The van der Waals surface area contributed by atoms with E-state index >= 15 is 0 Å². The van der Waals surface area contributed by atoms with E-state index in [1.807, 2.05) is 0 Å². The first-order valence-electron chi connectivity index (χ1n) is 13.8. The third kappa shape index (κ3) is 3.93. The molecule has 0 amide bonds. The third-order valence-corrected chi connectivity index (χ3v) is 11.4. The van der Waals surface area contributed by atoms with Crippen LogP contribution in [0.1, 0.15) is 99.3 Å². The fraction of sp³-hybridized carbons (Fsp3) is 0.931. The molecule has 0 aromatic rings. The van der Waals surface area contributed by atoms with Gasteiger partial charge in [-0.15, -0.1) is 0 Å². The minimum atomic E-state index is -0.373. The van der Waals surface area contributed by atoms with Crippen LogP contribution in [-0.4, -0.2) is 33.6 Å². The highest BCUT2D eigenvalue weighted by molar-refractivity contribution is 5.28. The molecule has 4 rings (SSSR count). The molecule has 3 N–H and O–H groups in total. The Kier molecular flexibility index (Phi) is 6.96. The molecule has 0 heterocycles. The zero-order valence-electron chi connectivity index (χ0n) is 21.6. The molecular weight excluding hydrogens is 396 g/mol. The van der Waals surface area contributed by atoms with Crippen molar-refractivity contribution in [2.24, 2.45) is 52.3 Å². The number of hydrogen-bond acceptors (Lipinski definition) is 3. The van der Waals surface area contributed by atoms with Gasteiger partial charge in [0, 0.05) is 0 Å². The third-order valence-electron chi connectivity index (χ3n) is 11.4. The highest BCUT2D eigenvalue weighted by Gasteiger charge is 2.61. The maximum absolute atomic E-state index is 11.3. The Hall–Kier alpha value is -0.380. The van der Waals surface area contributed by atoms with E-state index in [1.165, 1.54) is 31.3 Å².